The number of aryl methyl sites for hydroxylation is 1. The molecule has 6 heteroatoms. The highest BCUT2D eigenvalue weighted by molar-refractivity contribution is 7.86. The maximum absolute atomic E-state index is 13.1. The SMILES string of the molecule is CC.CCOC(=O)CCNC1c2ccccc2N(C)S(=O)c2cc(C)ccc21. The molecule has 2 unspecified atom stereocenters. The van der Waals surface area contributed by atoms with Gasteiger partial charge in [-0.2, -0.15) is 0 Å². The third-order valence-electron chi connectivity index (χ3n) is 4.49. The number of rotatable bonds is 5. The molecule has 0 amide bonds. The monoisotopic (exact) mass is 402 g/mol. The van der Waals surface area contributed by atoms with Crippen LogP contribution >= 0.6 is 0 Å². The van der Waals surface area contributed by atoms with Crippen LogP contribution in [-0.2, 0) is 20.5 Å². The number of carbonyl (C=O) groups excluding carboxylic acids is 1. The van der Waals surface area contributed by atoms with E-state index in [1.165, 1.54) is 0 Å². The fraction of sp³-hybridized carbons (Fsp3) is 0.409. The third kappa shape index (κ3) is 4.80. The van der Waals surface area contributed by atoms with E-state index in [1.54, 1.807) is 11.2 Å². The molecule has 0 saturated carbocycles. The Morgan fingerprint density at radius 3 is 2.61 bits per heavy atom. The number of carbonyl (C=O) groups is 1. The summed E-state index contributed by atoms with van der Waals surface area (Å²) in [7, 11) is 0.564. The van der Waals surface area contributed by atoms with E-state index in [0.29, 0.717) is 19.6 Å². The van der Waals surface area contributed by atoms with Gasteiger partial charge in [0.2, 0.25) is 0 Å². The fourth-order valence-corrected chi connectivity index (χ4v) is 4.54. The molecule has 0 aromatic heterocycles. The summed E-state index contributed by atoms with van der Waals surface area (Å²) in [5.74, 6) is -0.216. The molecule has 2 aromatic carbocycles. The van der Waals surface area contributed by atoms with Crippen molar-refractivity contribution in [2.45, 2.75) is 45.1 Å². The first-order chi connectivity index (χ1) is 13.5. The Labute approximate surface area is 170 Å². The summed E-state index contributed by atoms with van der Waals surface area (Å²) in [5, 5.41) is 3.46. The molecule has 1 heterocycles. The van der Waals surface area contributed by atoms with Gasteiger partial charge < -0.3 is 10.1 Å². The van der Waals surface area contributed by atoms with Gasteiger partial charge in [0.25, 0.3) is 0 Å². The summed E-state index contributed by atoms with van der Waals surface area (Å²) >= 11 is 0. The predicted molar refractivity (Wildman–Crippen MR) is 115 cm³/mol. The number of nitrogens with zero attached hydrogens (tertiary/aromatic N) is 1. The van der Waals surface area contributed by atoms with Crippen molar-refractivity contribution in [3.8, 4) is 0 Å². The van der Waals surface area contributed by atoms with Gasteiger partial charge in [0, 0.05) is 13.6 Å². The largest absolute Gasteiger partial charge is 0.466 e. The van der Waals surface area contributed by atoms with Crippen LogP contribution in [0.2, 0.25) is 0 Å². The topological polar surface area (TPSA) is 58.6 Å². The Morgan fingerprint density at radius 2 is 1.89 bits per heavy atom. The van der Waals surface area contributed by atoms with E-state index in [9.17, 15) is 9.00 Å². The lowest BCUT2D eigenvalue weighted by atomic mass is 9.96. The second kappa shape index (κ2) is 10.4. The van der Waals surface area contributed by atoms with Crippen molar-refractivity contribution in [1.82, 2.24) is 5.32 Å². The van der Waals surface area contributed by atoms with Crippen LogP contribution in [0.15, 0.2) is 47.4 Å². The molecule has 0 aliphatic carbocycles. The van der Waals surface area contributed by atoms with Gasteiger partial charge in [0.15, 0.2) is 11.0 Å². The molecule has 1 N–H and O–H groups in total. The highest BCUT2D eigenvalue weighted by atomic mass is 32.2. The van der Waals surface area contributed by atoms with Crippen molar-refractivity contribution in [2.24, 2.45) is 0 Å². The molecule has 0 spiro atoms. The highest BCUT2D eigenvalue weighted by Crippen LogP contribution is 2.38. The molecule has 0 fully saturated rings. The molecule has 0 radical (unpaired) electrons. The van der Waals surface area contributed by atoms with Crippen LogP contribution in [0.25, 0.3) is 0 Å². The van der Waals surface area contributed by atoms with Crippen molar-refractivity contribution in [2.75, 3.05) is 24.5 Å². The third-order valence-corrected chi connectivity index (χ3v) is 5.91. The van der Waals surface area contributed by atoms with Crippen LogP contribution in [0, 0.1) is 6.92 Å². The maximum Gasteiger partial charge on any atom is 0.307 e. The number of esters is 1. The van der Waals surface area contributed by atoms with Crippen LogP contribution in [0.3, 0.4) is 0 Å². The average Bonchev–Trinajstić information content (AvgIpc) is 2.79. The van der Waals surface area contributed by atoms with Crippen molar-refractivity contribution < 1.29 is 13.7 Å². The van der Waals surface area contributed by atoms with Gasteiger partial charge >= 0.3 is 5.97 Å². The van der Waals surface area contributed by atoms with E-state index in [1.807, 2.05) is 70.3 Å². The molecule has 5 nitrogen and oxygen atoms in total. The zero-order valence-corrected chi connectivity index (χ0v) is 18.1. The van der Waals surface area contributed by atoms with Gasteiger partial charge in [-0.1, -0.05) is 44.2 Å². The van der Waals surface area contributed by atoms with E-state index in [0.717, 1.165) is 27.3 Å². The molecule has 0 bridgehead atoms. The Hall–Kier alpha value is -2.18. The van der Waals surface area contributed by atoms with Gasteiger partial charge in [-0.15, -0.1) is 0 Å². The summed E-state index contributed by atoms with van der Waals surface area (Å²) in [6, 6.07) is 13.9. The summed E-state index contributed by atoms with van der Waals surface area (Å²) in [4.78, 5) is 12.5. The lowest BCUT2D eigenvalue weighted by molar-refractivity contribution is -0.143. The molecule has 3 rings (SSSR count). The molecule has 152 valence electrons. The van der Waals surface area contributed by atoms with Crippen LogP contribution in [0.1, 0.15) is 49.9 Å². The summed E-state index contributed by atoms with van der Waals surface area (Å²) < 4.78 is 19.9. The second-order valence-corrected chi connectivity index (χ2v) is 7.77. The molecule has 2 atom stereocenters. The first-order valence-corrected chi connectivity index (χ1v) is 10.9. The first kappa shape index (κ1) is 22.1. The highest BCUT2D eigenvalue weighted by Gasteiger charge is 2.29. The Balaban J connectivity index is 0.00000136. The molecule has 28 heavy (non-hydrogen) atoms. The van der Waals surface area contributed by atoms with E-state index in [-0.39, 0.29) is 12.0 Å². The van der Waals surface area contributed by atoms with Gasteiger partial charge in [-0.3, -0.25) is 9.10 Å². The van der Waals surface area contributed by atoms with Crippen LogP contribution in [-0.4, -0.2) is 30.4 Å². The number of hydrogen-bond donors (Lipinski definition) is 1. The maximum atomic E-state index is 13.1. The van der Waals surface area contributed by atoms with E-state index >= 15 is 0 Å². The van der Waals surface area contributed by atoms with Gasteiger partial charge in [0.1, 0.15) is 0 Å². The molecule has 2 aromatic rings. The number of anilines is 1. The Kier molecular flexibility index (Phi) is 8.20. The number of para-hydroxylation sites is 1. The Bertz CT molecular complexity index is 838. The standard InChI is InChI=1S/C20H24N2O3S.C2H6/c1-4-25-19(23)11-12-21-20-15-7-5-6-8-17(15)22(3)26(24)18-13-14(2)9-10-16(18)20;1-2/h5-10,13,20-21H,4,11-12H2,1-3H3;1-2H3. The molecular formula is C22H30N2O3S. The molecule has 1 aliphatic heterocycles. The lowest BCUT2D eigenvalue weighted by Gasteiger charge is -2.22. The first-order valence-electron chi connectivity index (χ1n) is 9.77. The fourth-order valence-electron chi connectivity index (χ4n) is 3.23. The minimum Gasteiger partial charge on any atom is -0.466 e. The average molecular weight is 403 g/mol. The van der Waals surface area contributed by atoms with Crippen molar-refractivity contribution in [3.05, 3.63) is 59.2 Å². The van der Waals surface area contributed by atoms with Gasteiger partial charge in [-0.05, 0) is 42.7 Å². The van der Waals surface area contributed by atoms with Crippen molar-refractivity contribution in [1.29, 1.82) is 0 Å². The second-order valence-electron chi connectivity index (χ2n) is 6.29. The minimum absolute atomic E-state index is 0.134. The molecule has 0 saturated heterocycles. The van der Waals surface area contributed by atoms with Crippen LogP contribution < -0.4 is 9.62 Å². The number of fused-ring (bicyclic) bond motifs is 2. The number of nitrogens with one attached hydrogen (secondary N) is 1. The summed E-state index contributed by atoms with van der Waals surface area (Å²) in [6.45, 7) is 8.67. The van der Waals surface area contributed by atoms with Gasteiger partial charge in [0.05, 0.1) is 29.7 Å². The summed E-state index contributed by atoms with van der Waals surface area (Å²) in [5.41, 5.74) is 4.03. The smallest absolute Gasteiger partial charge is 0.307 e. The van der Waals surface area contributed by atoms with E-state index in [4.69, 9.17) is 4.74 Å². The zero-order chi connectivity index (χ0) is 20.7. The van der Waals surface area contributed by atoms with Crippen LogP contribution in [0.5, 0.6) is 0 Å². The number of benzene rings is 2. The quantitative estimate of drug-likeness (QED) is 0.764. The van der Waals surface area contributed by atoms with Crippen molar-refractivity contribution in [3.63, 3.8) is 0 Å². The van der Waals surface area contributed by atoms with Gasteiger partial charge in [-0.25, -0.2) is 4.21 Å². The predicted octanol–water partition coefficient (Wildman–Crippen LogP) is 4.13. The minimum atomic E-state index is -1.29. The summed E-state index contributed by atoms with van der Waals surface area (Å²) in [6.07, 6.45) is 0.298. The van der Waals surface area contributed by atoms with Crippen LogP contribution in [0.4, 0.5) is 5.69 Å². The zero-order valence-electron chi connectivity index (χ0n) is 17.3. The van der Waals surface area contributed by atoms with E-state index in [2.05, 4.69) is 5.32 Å². The lowest BCUT2D eigenvalue weighted by Crippen LogP contribution is -2.26. The molecular weight excluding hydrogens is 372 g/mol. The normalized spacial score (nSPS) is 17.5. The number of ether oxygens (including phenoxy) is 1. The number of hydrogen-bond acceptors (Lipinski definition) is 4. The van der Waals surface area contributed by atoms with Crippen molar-refractivity contribution >= 4 is 22.6 Å². The molecule has 1 aliphatic rings. The van der Waals surface area contributed by atoms with E-state index < -0.39 is 11.0 Å². The Morgan fingerprint density at radius 1 is 1.18 bits per heavy atom.